The predicted octanol–water partition coefficient (Wildman–Crippen LogP) is 4.16. The molecule has 0 saturated carbocycles. The summed E-state index contributed by atoms with van der Waals surface area (Å²) in [4.78, 5) is 9.44. The van der Waals surface area contributed by atoms with Crippen LogP contribution in [-0.4, -0.2) is 66.3 Å². The summed E-state index contributed by atoms with van der Waals surface area (Å²) in [7, 11) is 2.74. The molecule has 2 saturated heterocycles. The maximum Gasteiger partial charge on any atom is 0.119 e. The number of hydrogen-bond donors (Lipinski definition) is 1. The van der Waals surface area contributed by atoms with E-state index < -0.39 is 0 Å². The number of aliphatic hydroxyl groups is 1. The Labute approximate surface area is 209 Å². The lowest BCUT2D eigenvalue weighted by Crippen LogP contribution is -2.60. The second-order valence-electron chi connectivity index (χ2n) is 9.08. The second kappa shape index (κ2) is 12.5. The Kier molecular flexibility index (Phi) is 8.91. The third kappa shape index (κ3) is 6.49. The number of aromatic nitrogens is 1. The summed E-state index contributed by atoms with van der Waals surface area (Å²) in [5.74, 6) is 7.99. The Morgan fingerprint density at radius 1 is 0.943 bits per heavy atom. The average Bonchev–Trinajstić information content (AvgIpc) is 2.91. The molecule has 0 radical (unpaired) electrons. The molecule has 2 aliphatic rings. The van der Waals surface area contributed by atoms with Gasteiger partial charge in [0.1, 0.15) is 5.75 Å². The van der Waals surface area contributed by atoms with Crippen molar-refractivity contribution in [1.82, 2.24) is 14.8 Å². The highest BCUT2D eigenvalue weighted by Gasteiger charge is 2.40. The largest absolute Gasteiger partial charge is 0.497 e. The van der Waals surface area contributed by atoms with Crippen LogP contribution in [0.1, 0.15) is 41.0 Å². The van der Waals surface area contributed by atoms with Crippen molar-refractivity contribution in [2.75, 3.05) is 40.4 Å². The van der Waals surface area contributed by atoms with Crippen LogP contribution in [0.3, 0.4) is 0 Å². The van der Waals surface area contributed by atoms with Crippen molar-refractivity contribution in [1.29, 1.82) is 0 Å². The van der Waals surface area contributed by atoms with Crippen LogP contribution >= 0.6 is 0 Å². The summed E-state index contributed by atoms with van der Waals surface area (Å²) in [6.45, 7) is 5.65. The van der Waals surface area contributed by atoms with Gasteiger partial charge in [-0.05, 0) is 73.5 Å². The molecule has 0 bridgehead atoms. The summed E-state index contributed by atoms with van der Waals surface area (Å²) in [5, 5.41) is 7.00. The molecule has 3 heterocycles. The highest BCUT2D eigenvalue weighted by Crippen LogP contribution is 2.36. The highest BCUT2D eigenvalue weighted by atomic mass is 16.5. The van der Waals surface area contributed by atoms with Gasteiger partial charge < -0.3 is 9.84 Å². The van der Waals surface area contributed by atoms with Crippen LogP contribution in [0.2, 0.25) is 0 Å². The lowest BCUT2D eigenvalue weighted by Gasteiger charge is -2.51. The number of fused-ring (bicyclic) bond motifs is 1. The van der Waals surface area contributed by atoms with Crippen LogP contribution in [0.4, 0.5) is 0 Å². The molecular formula is C30H35N3O2. The first-order chi connectivity index (χ1) is 17.3. The maximum atomic E-state index is 7.00. The zero-order valence-corrected chi connectivity index (χ0v) is 20.7. The van der Waals surface area contributed by atoms with E-state index in [1.165, 1.54) is 37.1 Å². The molecule has 0 aliphatic carbocycles. The standard InChI is InChI=1S/C29H31N3O.CH4O/c1-33-27-8-4-6-25(18-27)20-31-16-2-3-17-32-21-28(29(32)22-31)26-13-11-23(12-14-26)9-10-24-7-5-15-30-19-24;1-2/h4-8,11-15,18-19,28-29H,2-3,16-17,20-22H2,1H3;2H,1H3. The molecule has 182 valence electrons. The van der Waals surface area contributed by atoms with E-state index in [-0.39, 0.29) is 0 Å². The molecule has 0 amide bonds. The van der Waals surface area contributed by atoms with Crippen molar-refractivity contribution in [2.24, 2.45) is 0 Å². The number of benzene rings is 2. The minimum Gasteiger partial charge on any atom is -0.497 e. The molecule has 35 heavy (non-hydrogen) atoms. The Balaban J connectivity index is 0.00000141. The van der Waals surface area contributed by atoms with E-state index in [9.17, 15) is 0 Å². The first-order valence-corrected chi connectivity index (χ1v) is 12.3. The van der Waals surface area contributed by atoms with Crippen molar-refractivity contribution in [3.63, 3.8) is 0 Å². The molecule has 5 rings (SSSR count). The monoisotopic (exact) mass is 469 g/mol. The number of pyridine rings is 1. The molecule has 1 N–H and O–H groups in total. The number of methoxy groups -OCH3 is 1. The molecule has 0 spiro atoms. The van der Waals surface area contributed by atoms with Crippen LogP contribution < -0.4 is 4.74 Å². The Hall–Kier alpha value is -3.17. The lowest BCUT2D eigenvalue weighted by atomic mass is 9.81. The van der Waals surface area contributed by atoms with Crippen LogP contribution in [0.15, 0.2) is 73.1 Å². The summed E-state index contributed by atoms with van der Waals surface area (Å²) in [6.07, 6.45) is 6.12. The van der Waals surface area contributed by atoms with Gasteiger partial charge in [-0.15, -0.1) is 0 Å². The van der Waals surface area contributed by atoms with E-state index in [0.29, 0.717) is 12.0 Å². The zero-order chi connectivity index (χ0) is 24.5. The number of nitrogens with zero attached hydrogens (tertiary/aromatic N) is 3. The van der Waals surface area contributed by atoms with Gasteiger partial charge in [0.05, 0.1) is 7.11 Å². The van der Waals surface area contributed by atoms with Crippen molar-refractivity contribution in [2.45, 2.75) is 31.3 Å². The number of hydrogen-bond acceptors (Lipinski definition) is 5. The van der Waals surface area contributed by atoms with Crippen molar-refractivity contribution in [3.8, 4) is 17.6 Å². The molecule has 2 aromatic carbocycles. The zero-order valence-electron chi connectivity index (χ0n) is 20.7. The third-order valence-electron chi connectivity index (χ3n) is 6.87. The summed E-state index contributed by atoms with van der Waals surface area (Å²) >= 11 is 0. The summed E-state index contributed by atoms with van der Waals surface area (Å²) in [6, 6.07) is 21.9. The Morgan fingerprint density at radius 3 is 2.51 bits per heavy atom. The van der Waals surface area contributed by atoms with E-state index in [2.05, 4.69) is 69.1 Å². The first kappa shape index (κ1) is 24.9. The molecule has 2 unspecified atom stereocenters. The molecule has 2 aliphatic heterocycles. The van der Waals surface area contributed by atoms with Crippen molar-refractivity contribution < 1.29 is 9.84 Å². The van der Waals surface area contributed by atoms with Gasteiger partial charge in [0.15, 0.2) is 0 Å². The molecule has 5 heteroatoms. The van der Waals surface area contributed by atoms with Crippen LogP contribution in [-0.2, 0) is 6.54 Å². The van der Waals surface area contributed by atoms with Gasteiger partial charge in [-0.2, -0.15) is 0 Å². The second-order valence-corrected chi connectivity index (χ2v) is 9.08. The minimum atomic E-state index is 0.586. The highest BCUT2D eigenvalue weighted by molar-refractivity contribution is 5.43. The molecule has 2 atom stereocenters. The Morgan fingerprint density at radius 2 is 1.74 bits per heavy atom. The fourth-order valence-electron chi connectivity index (χ4n) is 5.03. The minimum absolute atomic E-state index is 0.586. The number of rotatable bonds is 4. The molecule has 1 aromatic heterocycles. The Bertz CT molecular complexity index is 1120. The number of ether oxygens (including phenoxy) is 1. The smallest absolute Gasteiger partial charge is 0.119 e. The van der Waals surface area contributed by atoms with E-state index in [4.69, 9.17) is 9.84 Å². The van der Waals surface area contributed by atoms with E-state index in [1.54, 1.807) is 19.5 Å². The topological polar surface area (TPSA) is 48.8 Å². The van der Waals surface area contributed by atoms with Crippen LogP contribution in [0.25, 0.3) is 0 Å². The van der Waals surface area contributed by atoms with E-state index in [1.807, 2.05) is 18.2 Å². The summed E-state index contributed by atoms with van der Waals surface area (Å²) < 4.78 is 5.43. The van der Waals surface area contributed by atoms with Gasteiger partial charge in [0.2, 0.25) is 0 Å². The lowest BCUT2D eigenvalue weighted by molar-refractivity contribution is 0.0143. The molecule has 5 nitrogen and oxygen atoms in total. The fourth-order valence-corrected chi connectivity index (χ4v) is 5.03. The quantitative estimate of drug-likeness (QED) is 0.582. The first-order valence-electron chi connectivity index (χ1n) is 12.3. The molecule has 2 fully saturated rings. The van der Waals surface area contributed by atoms with Crippen LogP contribution in [0, 0.1) is 11.8 Å². The predicted molar refractivity (Wildman–Crippen MR) is 140 cm³/mol. The van der Waals surface area contributed by atoms with Crippen LogP contribution in [0.5, 0.6) is 5.75 Å². The van der Waals surface area contributed by atoms with Gasteiger partial charge >= 0.3 is 0 Å². The van der Waals surface area contributed by atoms with Gasteiger partial charge in [0, 0.05) is 62.2 Å². The van der Waals surface area contributed by atoms with Gasteiger partial charge in [0.25, 0.3) is 0 Å². The number of aliphatic hydroxyl groups excluding tert-OH is 1. The average molecular weight is 470 g/mol. The third-order valence-corrected chi connectivity index (χ3v) is 6.87. The van der Waals surface area contributed by atoms with E-state index >= 15 is 0 Å². The fraction of sp³-hybridized carbons (Fsp3) is 0.367. The van der Waals surface area contributed by atoms with Crippen molar-refractivity contribution >= 4 is 0 Å². The van der Waals surface area contributed by atoms with Crippen molar-refractivity contribution in [3.05, 3.63) is 95.3 Å². The van der Waals surface area contributed by atoms with E-state index in [0.717, 1.165) is 43.6 Å². The van der Waals surface area contributed by atoms with Gasteiger partial charge in [-0.3, -0.25) is 14.8 Å². The molecular weight excluding hydrogens is 434 g/mol. The van der Waals surface area contributed by atoms with Gasteiger partial charge in [-0.1, -0.05) is 36.1 Å². The summed E-state index contributed by atoms with van der Waals surface area (Å²) in [5.41, 5.74) is 4.76. The normalized spacial score (nSPS) is 20.0. The maximum absolute atomic E-state index is 7.00. The SMILES string of the molecule is CO.COc1cccc(CN2CCCCN3CC(c4ccc(C#Cc5cccnc5)cc4)C3C2)c1. The van der Waals surface area contributed by atoms with Gasteiger partial charge in [-0.25, -0.2) is 0 Å². The molecule has 3 aromatic rings.